The maximum atomic E-state index is 11.0. The third-order valence-corrected chi connectivity index (χ3v) is 4.05. The normalized spacial score (nSPS) is 13.3. The Hall–Kier alpha value is -2.51. The molecule has 0 spiro atoms. The molecular formula is C18H20O8P-. The van der Waals surface area contributed by atoms with E-state index in [1.807, 2.05) is 0 Å². The molecule has 2 rings (SSSR count). The van der Waals surface area contributed by atoms with Crippen molar-refractivity contribution in [2.75, 3.05) is 21.3 Å². The number of hydrogen-bond donors (Lipinski definition) is 2. The Morgan fingerprint density at radius 1 is 0.963 bits per heavy atom. The van der Waals surface area contributed by atoms with Gasteiger partial charge in [0.25, 0.3) is 0 Å². The number of aliphatic hydroxyl groups is 1. The molecule has 0 aliphatic rings. The quantitative estimate of drug-likeness (QED) is 0.516. The number of benzene rings is 2. The van der Waals surface area contributed by atoms with Gasteiger partial charge in [0.05, 0.1) is 27.9 Å². The lowest BCUT2D eigenvalue weighted by atomic mass is 10.1. The highest BCUT2D eigenvalue weighted by molar-refractivity contribution is 7.45. The Bertz CT molecular complexity index is 847. The molecule has 0 bridgehead atoms. The van der Waals surface area contributed by atoms with Crippen LogP contribution in [0, 0.1) is 0 Å². The fraction of sp³-hybridized carbons (Fsp3) is 0.222. The van der Waals surface area contributed by atoms with Gasteiger partial charge in [0.2, 0.25) is 0 Å². The van der Waals surface area contributed by atoms with Crippen molar-refractivity contribution in [3.05, 3.63) is 47.0 Å². The summed E-state index contributed by atoms with van der Waals surface area (Å²) >= 11 is 0. The SMILES string of the molecule is COc1ccc(/C=C\c2cc(CO)c(OC)c(OC)c2)cc1OP(=O)([O-])O. The fourth-order valence-electron chi connectivity index (χ4n) is 2.47. The van der Waals surface area contributed by atoms with E-state index in [4.69, 9.17) is 19.1 Å². The topological polar surface area (TPSA) is 118 Å². The van der Waals surface area contributed by atoms with Crippen LogP contribution in [0.4, 0.5) is 0 Å². The van der Waals surface area contributed by atoms with Gasteiger partial charge >= 0.3 is 7.82 Å². The van der Waals surface area contributed by atoms with Crippen molar-refractivity contribution in [2.24, 2.45) is 0 Å². The van der Waals surface area contributed by atoms with E-state index >= 15 is 0 Å². The molecule has 1 atom stereocenters. The first kappa shape index (κ1) is 20.8. The first-order valence-electron chi connectivity index (χ1n) is 7.76. The third-order valence-electron chi connectivity index (χ3n) is 3.62. The molecule has 0 saturated carbocycles. The smallest absolute Gasteiger partial charge is 0.317 e. The third kappa shape index (κ3) is 5.48. The van der Waals surface area contributed by atoms with E-state index in [-0.39, 0.29) is 18.1 Å². The van der Waals surface area contributed by atoms with Crippen molar-refractivity contribution >= 4 is 20.0 Å². The van der Waals surface area contributed by atoms with Crippen molar-refractivity contribution < 1.29 is 38.2 Å². The van der Waals surface area contributed by atoms with Crippen LogP contribution in [0.2, 0.25) is 0 Å². The molecule has 0 fully saturated rings. The first-order valence-corrected chi connectivity index (χ1v) is 9.26. The molecule has 27 heavy (non-hydrogen) atoms. The minimum atomic E-state index is -4.97. The van der Waals surface area contributed by atoms with Crippen molar-refractivity contribution in [3.8, 4) is 23.0 Å². The van der Waals surface area contributed by atoms with Gasteiger partial charge in [0.15, 0.2) is 23.0 Å². The maximum Gasteiger partial charge on any atom is 0.317 e. The lowest BCUT2D eigenvalue weighted by molar-refractivity contribution is -0.211. The number of hydrogen-bond acceptors (Lipinski definition) is 7. The van der Waals surface area contributed by atoms with Crippen molar-refractivity contribution in [1.82, 2.24) is 0 Å². The van der Waals surface area contributed by atoms with E-state index in [9.17, 15) is 14.6 Å². The highest BCUT2D eigenvalue weighted by Gasteiger charge is 2.12. The molecular weight excluding hydrogens is 375 g/mol. The van der Waals surface area contributed by atoms with E-state index < -0.39 is 7.82 Å². The van der Waals surface area contributed by atoms with Gasteiger partial charge in [-0.3, -0.25) is 4.57 Å². The lowest BCUT2D eigenvalue weighted by Crippen LogP contribution is -2.06. The average molecular weight is 395 g/mol. The Labute approximate surface area is 156 Å². The molecule has 0 aliphatic carbocycles. The molecule has 146 valence electrons. The molecule has 0 saturated heterocycles. The number of aliphatic hydroxyl groups excluding tert-OH is 1. The minimum Gasteiger partial charge on any atom is -0.746 e. The standard InChI is InChI=1S/C18H21O8P/c1-23-15-7-6-12(9-16(15)26-27(20,21)22)4-5-13-8-14(11-19)18(25-3)17(10-13)24-2/h4-10,19H,11H2,1-3H3,(H2,20,21,22)/p-1/b5-4-. The van der Waals surface area contributed by atoms with Gasteiger partial charge in [0, 0.05) is 5.56 Å². The zero-order chi connectivity index (χ0) is 20.0. The summed E-state index contributed by atoms with van der Waals surface area (Å²) in [5, 5.41) is 9.51. The van der Waals surface area contributed by atoms with Crippen LogP contribution in [0.25, 0.3) is 12.2 Å². The Kier molecular flexibility index (Phi) is 6.87. The van der Waals surface area contributed by atoms with Gasteiger partial charge in [-0.25, -0.2) is 0 Å². The largest absolute Gasteiger partial charge is 0.746 e. The van der Waals surface area contributed by atoms with Crippen LogP contribution in [-0.2, 0) is 11.2 Å². The molecule has 0 radical (unpaired) electrons. The summed E-state index contributed by atoms with van der Waals surface area (Å²) < 4.78 is 31.1. The summed E-state index contributed by atoms with van der Waals surface area (Å²) in [5.41, 5.74) is 1.88. The molecule has 0 aromatic heterocycles. The van der Waals surface area contributed by atoms with Crippen LogP contribution in [0.1, 0.15) is 16.7 Å². The monoisotopic (exact) mass is 395 g/mol. The highest BCUT2D eigenvalue weighted by atomic mass is 31.2. The van der Waals surface area contributed by atoms with Crippen LogP contribution in [0.3, 0.4) is 0 Å². The van der Waals surface area contributed by atoms with E-state index in [0.29, 0.717) is 22.6 Å². The zero-order valence-corrected chi connectivity index (χ0v) is 15.9. The molecule has 0 aliphatic heterocycles. The van der Waals surface area contributed by atoms with Crippen LogP contribution in [0.5, 0.6) is 23.0 Å². The van der Waals surface area contributed by atoms with Gasteiger partial charge in [-0.15, -0.1) is 0 Å². The minimum absolute atomic E-state index is 0.135. The van der Waals surface area contributed by atoms with Gasteiger partial charge in [0.1, 0.15) is 0 Å². The molecule has 8 nitrogen and oxygen atoms in total. The van der Waals surface area contributed by atoms with E-state index in [1.165, 1.54) is 33.5 Å². The van der Waals surface area contributed by atoms with E-state index in [1.54, 1.807) is 30.4 Å². The van der Waals surface area contributed by atoms with Crippen LogP contribution >= 0.6 is 7.82 Å². The summed E-state index contributed by atoms with van der Waals surface area (Å²) in [6.07, 6.45) is 3.43. The number of methoxy groups -OCH3 is 3. The van der Waals surface area contributed by atoms with Crippen LogP contribution < -0.4 is 23.6 Å². The Morgan fingerprint density at radius 3 is 2.15 bits per heavy atom. The number of phosphoric acid groups is 1. The van der Waals surface area contributed by atoms with Crippen molar-refractivity contribution in [1.29, 1.82) is 0 Å². The predicted octanol–water partition coefficient (Wildman–Crippen LogP) is 2.21. The van der Waals surface area contributed by atoms with Gasteiger partial charge in [-0.1, -0.05) is 18.2 Å². The van der Waals surface area contributed by atoms with E-state index in [2.05, 4.69) is 4.52 Å². The second-order valence-corrected chi connectivity index (χ2v) is 6.50. The molecule has 1 unspecified atom stereocenters. The highest BCUT2D eigenvalue weighted by Crippen LogP contribution is 2.39. The first-order chi connectivity index (χ1) is 12.8. The lowest BCUT2D eigenvalue weighted by Gasteiger charge is -2.18. The second kappa shape index (κ2) is 8.92. The summed E-state index contributed by atoms with van der Waals surface area (Å²) in [4.78, 5) is 19.9. The number of rotatable bonds is 8. The summed E-state index contributed by atoms with van der Waals surface area (Å²) in [6, 6.07) is 8.07. The van der Waals surface area contributed by atoms with Crippen LogP contribution in [-0.4, -0.2) is 31.3 Å². The molecule has 0 heterocycles. The number of ether oxygens (including phenoxy) is 3. The average Bonchev–Trinajstić information content (AvgIpc) is 2.64. The fourth-order valence-corrected chi connectivity index (χ4v) is 2.86. The van der Waals surface area contributed by atoms with Crippen molar-refractivity contribution in [2.45, 2.75) is 6.61 Å². The summed E-state index contributed by atoms with van der Waals surface area (Å²) in [6.45, 7) is -0.225. The molecule has 9 heteroatoms. The molecule has 2 N–H and O–H groups in total. The summed E-state index contributed by atoms with van der Waals surface area (Å²) in [7, 11) is -0.632. The van der Waals surface area contributed by atoms with Gasteiger partial charge < -0.3 is 33.6 Å². The predicted molar refractivity (Wildman–Crippen MR) is 97.8 cm³/mol. The van der Waals surface area contributed by atoms with E-state index in [0.717, 1.165) is 5.56 Å². The molecule has 0 amide bonds. The maximum absolute atomic E-state index is 11.0. The zero-order valence-electron chi connectivity index (χ0n) is 15.0. The van der Waals surface area contributed by atoms with Gasteiger partial charge in [-0.2, -0.15) is 0 Å². The molecule has 2 aromatic carbocycles. The van der Waals surface area contributed by atoms with Gasteiger partial charge in [-0.05, 0) is 35.4 Å². The summed E-state index contributed by atoms with van der Waals surface area (Å²) in [5.74, 6) is 0.941. The van der Waals surface area contributed by atoms with Crippen molar-refractivity contribution in [3.63, 3.8) is 0 Å². The van der Waals surface area contributed by atoms with Crippen LogP contribution in [0.15, 0.2) is 30.3 Å². The number of phosphoric ester groups is 1. The Balaban J connectivity index is 2.37. The second-order valence-electron chi connectivity index (χ2n) is 5.38. The Morgan fingerprint density at radius 2 is 1.59 bits per heavy atom. The molecule has 2 aromatic rings.